The van der Waals surface area contributed by atoms with Gasteiger partial charge < -0.3 is 20.4 Å². The third kappa shape index (κ3) is 8.32. The monoisotopic (exact) mass is 520 g/mol. The molecular formula is C20H37IN6S. The maximum absolute atomic E-state index is 4.71. The Kier molecular flexibility index (Phi) is 11.5. The van der Waals surface area contributed by atoms with Gasteiger partial charge in [0.2, 0.25) is 0 Å². The van der Waals surface area contributed by atoms with E-state index in [-0.39, 0.29) is 28.7 Å². The number of rotatable bonds is 8. The Morgan fingerprint density at radius 2 is 1.89 bits per heavy atom. The van der Waals surface area contributed by atoms with Gasteiger partial charge in [0.25, 0.3) is 0 Å². The molecule has 0 aromatic carbocycles. The molecule has 1 aliphatic rings. The molecule has 0 atom stereocenters. The van der Waals surface area contributed by atoms with Gasteiger partial charge in [-0.3, -0.25) is 0 Å². The number of piperazine rings is 1. The van der Waals surface area contributed by atoms with Crippen molar-refractivity contribution in [3.8, 4) is 0 Å². The third-order valence-corrected chi connectivity index (χ3v) is 6.20. The molecule has 0 aliphatic carbocycles. The van der Waals surface area contributed by atoms with Crippen LogP contribution >= 0.6 is 35.7 Å². The van der Waals surface area contributed by atoms with Crippen molar-refractivity contribution in [2.45, 2.75) is 39.0 Å². The highest BCUT2D eigenvalue weighted by molar-refractivity contribution is 14.0. The molecule has 1 fully saturated rings. The van der Waals surface area contributed by atoms with Crippen molar-refractivity contribution >= 4 is 47.5 Å². The molecule has 1 aromatic rings. The van der Waals surface area contributed by atoms with Gasteiger partial charge in [-0.25, -0.2) is 9.98 Å². The molecule has 2 rings (SSSR count). The maximum atomic E-state index is 4.71. The van der Waals surface area contributed by atoms with E-state index in [1.165, 1.54) is 0 Å². The summed E-state index contributed by atoms with van der Waals surface area (Å²) in [5.41, 5.74) is 1.13. The summed E-state index contributed by atoms with van der Waals surface area (Å²) in [4.78, 5) is 14.2. The van der Waals surface area contributed by atoms with Crippen molar-refractivity contribution in [1.82, 2.24) is 20.5 Å². The first-order chi connectivity index (χ1) is 13.0. The summed E-state index contributed by atoms with van der Waals surface area (Å²) in [5, 5.41) is 6.76. The van der Waals surface area contributed by atoms with E-state index in [1.807, 2.05) is 18.0 Å². The van der Waals surface area contributed by atoms with E-state index in [2.05, 4.69) is 71.5 Å². The average molecular weight is 521 g/mol. The van der Waals surface area contributed by atoms with E-state index in [1.54, 1.807) is 0 Å². The van der Waals surface area contributed by atoms with Crippen LogP contribution in [0, 0.1) is 0 Å². The highest BCUT2D eigenvalue weighted by Crippen LogP contribution is 2.19. The van der Waals surface area contributed by atoms with Crippen molar-refractivity contribution in [2.24, 2.45) is 4.99 Å². The summed E-state index contributed by atoms with van der Waals surface area (Å²) in [6, 6.07) is 4.27. The van der Waals surface area contributed by atoms with Gasteiger partial charge in [0, 0.05) is 50.2 Å². The van der Waals surface area contributed by atoms with Crippen LogP contribution < -0.4 is 15.5 Å². The van der Waals surface area contributed by atoms with Crippen LogP contribution in [0.1, 0.15) is 33.3 Å². The van der Waals surface area contributed by atoms with E-state index in [4.69, 9.17) is 4.99 Å². The van der Waals surface area contributed by atoms with Crippen molar-refractivity contribution in [1.29, 1.82) is 0 Å². The minimum absolute atomic E-state index is 0. The molecule has 28 heavy (non-hydrogen) atoms. The Bertz CT molecular complexity index is 585. The Balaban J connectivity index is 0.00000392. The Morgan fingerprint density at radius 3 is 2.43 bits per heavy atom. The normalized spacial score (nSPS) is 15.9. The van der Waals surface area contributed by atoms with Gasteiger partial charge in [0.05, 0.1) is 6.54 Å². The van der Waals surface area contributed by atoms with Gasteiger partial charge >= 0.3 is 0 Å². The zero-order valence-corrected chi connectivity index (χ0v) is 21.1. The van der Waals surface area contributed by atoms with Gasteiger partial charge in [-0.05, 0) is 45.2 Å². The lowest BCUT2D eigenvalue weighted by molar-refractivity contribution is 0.270. The predicted molar refractivity (Wildman–Crippen MR) is 134 cm³/mol. The number of aromatic nitrogens is 1. The topological polar surface area (TPSA) is 55.8 Å². The molecule has 0 saturated carbocycles. The second kappa shape index (κ2) is 12.7. The Morgan fingerprint density at radius 1 is 1.18 bits per heavy atom. The van der Waals surface area contributed by atoms with Crippen LogP contribution in [-0.4, -0.2) is 72.7 Å². The van der Waals surface area contributed by atoms with Gasteiger partial charge in [-0.15, -0.1) is 24.0 Å². The predicted octanol–water partition coefficient (Wildman–Crippen LogP) is 3.04. The van der Waals surface area contributed by atoms with E-state index in [0.717, 1.165) is 63.2 Å². The van der Waals surface area contributed by atoms with Crippen LogP contribution in [-0.2, 0) is 6.54 Å². The largest absolute Gasteiger partial charge is 0.357 e. The van der Waals surface area contributed by atoms with Crippen LogP contribution in [0.15, 0.2) is 23.3 Å². The number of nitrogens with zero attached hydrogens (tertiary/aromatic N) is 4. The molecule has 6 nitrogen and oxygen atoms in total. The number of hydrogen-bond acceptors (Lipinski definition) is 5. The van der Waals surface area contributed by atoms with Crippen LogP contribution in [0.2, 0.25) is 0 Å². The van der Waals surface area contributed by atoms with Gasteiger partial charge in [-0.1, -0.05) is 13.0 Å². The number of anilines is 1. The SMILES string of the molecule is CCNC(=NCc1ccc(N2CCN(CC)CC2)nc1)NCC(C)(C)SC.I. The van der Waals surface area contributed by atoms with Crippen LogP contribution in [0.4, 0.5) is 5.82 Å². The molecule has 8 heteroatoms. The Hall–Kier alpha value is -0.740. The van der Waals surface area contributed by atoms with E-state index < -0.39 is 0 Å². The van der Waals surface area contributed by atoms with Gasteiger partial charge in [-0.2, -0.15) is 11.8 Å². The summed E-state index contributed by atoms with van der Waals surface area (Å²) in [6.07, 6.45) is 4.10. The first kappa shape index (κ1) is 25.3. The smallest absolute Gasteiger partial charge is 0.191 e. The van der Waals surface area contributed by atoms with Crippen LogP contribution in [0.25, 0.3) is 0 Å². The van der Waals surface area contributed by atoms with Crippen molar-refractivity contribution in [2.75, 3.05) is 57.0 Å². The van der Waals surface area contributed by atoms with Gasteiger partial charge in [0.15, 0.2) is 5.96 Å². The third-order valence-electron chi connectivity index (χ3n) is 4.95. The summed E-state index contributed by atoms with van der Waals surface area (Å²) < 4.78 is 0.182. The van der Waals surface area contributed by atoms with Crippen molar-refractivity contribution in [3.05, 3.63) is 23.9 Å². The van der Waals surface area contributed by atoms with E-state index in [0.29, 0.717) is 6.54 Å². The maximum Gasteiger partial charge on any atom is 0.191 e. The number of halogens is 1. The lowest BCUT2D eigenvalue weighted by Crippen LogP contribution is -2.46. The number of hydrogen-bond donors (Lipinski definition) is 2. The number of aliphatic imine (C=N–C) groups is 1. The van der Waals surface area contributed by atoms with E-state index in [9.17, 15) is 0 Å². The quantitative estimate of drug-likeness (QED) is 0.312. The molecule has 0 bridgehead atoms. The molecule has 0 amide bonds. The summed E-state index contributed by atoms with van der Waals surface area (Å²) >= 11 is 1.86. The molecule has 1 saturated heterocycles. The zero-order valence-electron chi connectivity index (χ0n) is 18.0. The van der Waals surface area contributed by atoms with Crippen molar-refractivity contribution in [3.63, 3.8) is 0 Å². The molecule has 1 aliphatic heterocycles. The number of guanidine groups is 1. The number of nitrogens with one attached hydrogen (secondary N) is 2. The molecule has 2 N–H and O–H groups in total. The average Bonchev–Trinajstić information content (AvgIpc) is 2.70. The summed E-state index contributed by atoms with van der Waals surface area (Å²) in [7, 11) is 0. The van der Waals surface area contributed by atoms with Gasteiger partial charge in [0.1, 0.15) is 5.82 Å². The highest BCUT2D eigenvalue weighted by atomic mass is 127. The molecule has 160 valence electrons. The van der Waals surface area contributed by atoms with Crippen LogP contribution in [0.3, 0.4) is 0 Å². The lowest BCUT2D eigenvalue weighted by atomic mass is 10.2. The number of thioether (sulfide) groups is 1. The molecule has 0 spiro atoms. The number of pyridine rings is 1. The fraction of sp³-hybridized carbons (Fsp3) is 0.700. The first-order valence-electron chi connectivity index (χ1n) is 9.97. The molecular weight excluding hydrogens is 483 g/mol. The van der Waals surface area contributed by atoms with Crippen LogP contribution in [0.5, 0.6) is 0 Å². The number of likely N-dealkylation sites (N-methyl/N-ethyl adjacent to an activating group) is 1. The minimum atomic E-state index is 0. The molecule has 0 unspecified atom stereocenters. The molecule has 1 aromatic heterocycles. The fourth-order valence-corrected chi connectivity index (χ4v) is 3.09. The lowest BCUT2D eigenvalue weighted by Gasteiger charge is -2.34. The summed E-state index contributed by atoms with van der Waals surface area (Å²) in [6.45, 7) is 16.6. The highest BCUT2D eigenvalue weighted by Gasteiger charge is 2.17. The second-order valence-electron chi connectivity index (χ2n) is 7.46. The van der Waals surface area contributed by atoms with E-state index >= 15 is 0 Å². The second-order valence-corrected chi connectivity index (χ2v) is 8.97. The molecule has 0 radical (unpaired) electrons. The van der Waals surface area contributed by atoms with Crippen molar-refractivity contribution < 1.29 is 0 Å². The summed E-state index contributed by atoms with van der Waals surface area (Å²) in [5.74, 6) is 1.93. The zero-order chi connectivity index (χ0) is 19.7. The first-order valence-corrected chi connectivity index (χ1v) is 11.2. The Labute approximate surface area is 192 Å². The molecule has 2 heterocycles. The minimum Gasteiger partial charge on any atom is -0.357 e. The fourth-order valence-electron chi connectivity index (χ4n) is 2.87. The standard InChI is InChI=1S/C20H36N6S.HI/c1-6-21-19(24-16-20(3,4)27-5)23-15-17-8-9-18(22-14-17)26-12-10-25(7-2)11-13-26;/h8-9,14H,6-7,10-13,15-16H2,1-5H3,(H2,21,23,24);1H.